The van der Waals surface area contributed by atoms with E-state index in [1.165, 1.54) is 32.1 Å². The van der Waals surface area contributed by atoms with E-state index >= 15 is 0 Å². The molecule has 0 N–H and O–H groups in total. The molecule has 4 rings (SSSR count). The fraction of sp³-hybridized carbons (Fsp3) is 0.667. The van der Waals surface area contributed by atoms with Gasteiger partial charge in [-0.2, -0.15) is 4.31 Å². The van der Waals surface area contributed by atoms with E-state index in [0.29, 0.717) is 30.4 Å². The van der Waals surface area contributed by atoms with Gasteiger partial charge in [0.25, 0.3) is 0 Å². The molecular formula is C21H31N3O3S. The standard InChI is InChI=1S/C21H31N3O3S/c1-16-14-18-15-20(8-9-21(18)24(16)17(2)25)28(26,27)23-12-10-22(11-13-23)19-6-4-3-5-7-19/h8-9,15-16,19H,3-7,10-14H2,1-2H3/t16-/m0/s1. The summed E-state index contributed by atoms with van der Waals surface area (Å²) in [5.41, 5.74) is 1.80. The molecule has 6 nitrogen and oxygen atoms in total. The van der Waals surface area contributed by atoms with Gasteiger partial charge < -0.3 is 4.90 Å². The summed E-state index contributed by atoms with van der Waals surface area (Å²) in [6.45, 7) is 6.33. The lowest BCUT2D eigenvalue weighted by Crippen LogP contribution is -2.52. The van der Waals surface area contributed by atoms with E-state index in [-0.39, 0.29) is 11.9 Å². The Hall–Kier alpha value is -1.44. The minimum absolute atomic E-state index is 0.000641. The molecule has 1 atom stereocenters. The summed E-state index contributed by atoms with van der Waals surface area (Å²) in [6, 6.07) is 5.95. The summed E-state index contributed by atoms with van der Waals surface area (Å²) < 4.78 is 28.0. The Kier molecular flexibility index (Phi) is 5.51. The second-order valence-electron chi connectivity index (χ2n) is 8.46. The van der Waals surface area contributed by atoms with Crippen LogP contribution < -0.4 is 4.90 Å². The smallest absolute Gasteiger partial charge is 0.243 e. The Balaban J connectivity index is 1.48. The van der Waals surface area contributed by atoms with Crippen LogP contribution in [0.15, 0.2) is 23.1 Å². The highest BCUT2D eigenvalue weighted by atomic mass is 32.2. The Morgan fingerprint density at radius 3 is 2.36 bits per heavy atom. The predicted molar refractivity (Wildman–Crippen MR) is 110 cm³/mol. The van der Waals surface area contributed by atoms with Crippen molar-refractivity contribution >= 4 is 21.6 Å². The normalized spacial score (nSPS) is 25.1. The predicted octanol–water partition coefficient (Wildman–Crippen LogP) is 2.62. The van der Waals surface area contributed by atoms with Crippen LogP contribution in [0.4, 0.5) is 5.69 Å². The number of fused-ring (bicyclic) bond motifs is 1. The Bertz CT molecular complexity index is 840. The van der Waals surface area contributed by atoms with Crippen molar-refractivity contribution in [3.63, 3.8) is 0 Å². The second-order valence-corrected chi connectivity index (χ2v) is 10.4. The molecule has 0 bridgehead atoms. The number of benzene rings is 1. The molecule has 28 heavy (non-hydrogen) atoms. The highest BCUT2D eigenvalue weighted by molar-refractivity contribution is 7.89. The third-order valence-electron chi connectivity index (χ3n) is 6.61. The average Bonchev–Trinajstić information content (AvgIpc) is 3.04. The Morgan fingerprint density at radius 1 is 1.04 bits per heavy atom. The van der Waals surface area contributed by atoms with E-state index in [1.807, 2.05) is 6.92 Å². The van der Waals surface area contributed by atoms with Gasteiger partial charge in [0.05, 0.1) is 4.90 Å². The van der Waals surface area contributed by atoms with E-state index in [9.17, 15) is 13.2 Å². The SMILES string of the molecule is CC(=O)N1c2ccc(S(=O)(=O)N3CCN(C4CCCCC4)CC3)cc2C[C@@H]1C. The molecular weight excluding hydrogens is 374 g/mol. The number of anilines is 1. The lowest BCUT2D eigenvalue weighted by molar-refractivity contribution is -0.116. The van der Waals surface area contributed by atoms with Crippen molar-refractivity contribution in [2.75, 3.05) is 31.1 Å². The third-order valence-corrected chi connectivity index (χ3v) is 8.50. The van der Waals surface area contributed by atoms with Crippen LogP contribution in [0.5, 0.6) is 0 Å². The molecule has 0 radical (unpaired) electrons. The van der Waals surface area contributed by atoms with Gasteiger partial charge in [-0.05, 0) is 49.9 Å². The highest BCUT2D eigenvalue weighted by Crippen LogP contribution is 2.34. The molecule has 2 aliphatic heterocycles. The van der Waals surface area contributed by atoms with Crippen molar-refractivity contribution in [3.8, 4) is 0 Å². The molecule has 7 heteroatoms. The molecule has 1 saturated heterocycles. The molecule has 1 aromatic carbocycles. The number of hydrogen-bond acceptors (Lipinski definition) is 4. The number of nitrogens with zero attached hydrogens (tertiary/aromatic N) is 3. The minimum atomic E-state index is -3.49. The fourth-order valence-corrected chi connectivity index (χ4v) is 6.63. The number of rotatable bonds is 3. The van der Waals surface area contributed by atoms with Crippen molar-refractivity contribution in [1.82, 2.24) is 9.21 Å². The van der Waals surface area contributed by atoms with Gasteiger partial charge in [0, 0.05) is 50.9 Å². The zero-order valence-electron chi connectivity index (χ0n) is 16.9. The summed E-state index contributed by atoms with van der Waals surface area (Å²) in [6.07, 6.45) is 7.14. The van der Waals surface area contributed by atoms with Crippen molar-refractivity contribution in [2.24, 2.45) is 0 Å². The van der Waals surface area contributed by atoms with Crippen LogP contribution in [0.3, 0.4) is 0 Å². The summed E-state index contributed by atoms with van der Waals surface area (Å²) in [5.74, 6) is 0.000641. The largest absolute Gasteiger partial charge is 0.309 e. The Morgan fingerprint density at radius 2 is 1.71 bits per heavy atom. The summed E-state index contributed by atoms with van der Waals surface area (Å²) in [4.78, 5) is 16.5. The van der Waals surface area contributed by atoms with Crippen LogP contribution in [0, 0.1) is 0 Å². The van der Waals surface area contributed by atoms with Gasteiger partial charge in [-0.15, -0.1) is 0 Å². The van der Waals surface area contributed by atoms with Crippen LogP contribution in [-0.2, 0) is 21.2 Å². The topological polar surface area (TPSA) is 60.9 Å². The molecule has 1 saturated carbocycles. The van der Waals surface area contributed by atoms with Gasteiger partial charge in [-0.1, -0.05) is 19.3 Å². The zero-order chi connectivity index (χ0) is 19.9. The van der Waals surface area contributed by atoms with Crippen LogP contribution in [0.25, 0.3) is 0 Å². The first-order chi connectivity index (χ1) is 13.4. The highest BCUT2D eigenvalue weighted by Gasteiger charge is 2.34. The minimum Gasteiger partial charge on any atom is -0.309 e. The second kappa shape index (κ2) is 7.76. The van der Waals surface area contributed by atoms with Gasteiger partial charge in [0.1, 0.15) is 0 Å². The number of carbonyl (C=O) groups excluding carboxylic acids is 1. The maximum Gasteiger partial charge on any atom is 0.243 e. The van der Waals surface area contributed by atoms with Crippen LogP contribution in [0.1, 0.15) is 51.5 Å². The maximum atomic E-state index is 13.2. The molecule has 1 aromatic rings. The van der Waals surface area contributed by atoms with Crippen LogP contribution >= 0.6 is 0 Å². The lowest BCUT2D eigenvalue weighted by Gasteiger charge is -2.40. The summed E-state index contributed by atoms with van der Waals surface area (Å²) >= 11 is 0. The number of sulfonamides is 1. The summed E-state index contributed by atoms with van der Waals surface area (Å²) in [5, 5.41) is 0. The monoisotopic (exact) mass is 405 g/mol. The lowest BCUT2D eigenvalue weighted by atomic mass is 9.94. The van der Waals surface area contributed by atoms with E-state index in [0.717, 1.165) is 24.3 Å². The van der Waals surface area contributed by atoms with E-state index in [4.69, 9.17) is 0 Å². The van der Waals surface area contributed by atoms with Crippen molar-refractivity contribution < 1.29 is 13.2 Å². The number of piperazine rings is 1. The number of amides is 1. The Labute approximate surface area is 168 Å². The van der Waals surface area contributed by atoms with Gasteiger partial charge in [-0.3, -0.25) is 9.69 Å². The molecule has 2 fully saturated rings. The molecule has 0 unspecified atom stereocenters. The van der Waals surface area contributed by atoms with Gasteiger partial charge in [0.2, 0.25) is 15.9 Å². The van der Waals surface area contributed by atoms with Gasteiger partial charge >= 0.3 is 0 Å². The fourth-order valence-electron chi connectivity index (χ4n) is 5.15. The first-order valence-corrected chi connectivity index (χ1v) is 12.0. The van der Waals surface area contributed by atoms with E-state index in [2.05, 4.69) is 4.90 Å². The summed E-state index contributed by atoms with van der Waals surface area (Å²) in [7, 11) is -3.49. The van der Waals surface area contributed by atoms with Crippen molar-refractivity contribution in [1.29, 1.82) is 0 Å². The third kappa shape index (κ3) is 3.60. The first kappa shape index (κ1) is 19.9. The van der Waals surface area contributed by atoms with Crippen LogP contribution in [0.2, 0.25) is 0 Å². The first-order valence-electron chi connectivity index (χ1n) is 10.5. The molecule has 1 amide bonds. The number of hydrogen-bond donors (Lipinski definition) is 0. The molecule has 0 aromatic heterocycles. The maximum absolute atomic E-state index is 13.2. The molecule has 154 valence electrons. The molecule has 0 spiro atoms. The van der Waals surface area contributed by atoms with Crippen molar-refractivity contribution in [2.45, 2.75) is 69.4 Å². The van der Waals surface area contributed by atoms with Gasteiger partial charge in [-0.25, -0.2) is 8.42 Å². The molecule has 1 aliphatic carbocycles. The molecule has 2 heterocycles. The van der Waals surface area contributed by atoms with Crippen LogP contribution in [-0.4, -0.2) is 61.8 Å². The average molecular weight is 406 g/mol. The molecule has 3 aliphatic rings. The number of carbonyl (C=O) groups is 1. The van der Waals surface area contributed by atoms with E-state index in [1.54, 1.807) is 34.3 Å². The van der Waals surface area contributed by atoms with Crippen molar-refractivity contribution in [3.05, 3.63) is 23.8 Å². The van der Waals surface area contributed by atoms with E-state index < -0.39 is 10.0 Å². The van der Waals surface area contributed by atoms with Gasteiger partial charge in [0.15, 0.2) is 0 Å². The zero-order valence-corrected chi connectivity index (χ0v) is 17.7. The quantitative estimate of drug-likeness (QED) is 0.776.